The van der Waals surface area contributed by atoms with Gasteiger partial charge in [-0.15, -0.1) is 11.3 Å². The zero-order valence-electron chi connectivity index (χ0n) is 12.8. The van der Waals surface area contributed by atoms with E-state index >= 15 is 0 Å². The molecule has 0 amide bonds. The van der Waals surface area contributed by atoms with E-state index in [1.165, 1.54) is 15.6 Å². The largest absolute Gasteiger partial charge is 0.315 e. The van der Waals surface area contributed by atoms with Gasteiger partial charge in [-0.05, 0) is 37.6 Å². The Labute approximate surface area is 131 Å². The highest BCUT2D eigenvalue weighted by atomic mass is 32.2. The highest BCUT2D eigenvalue weighted by Gasteiger charge is 2.31. The van der Waals surface area contributed by atoms with E-state index in [0.717, 1.165) is 22.6 Å². The Bertz CT molecular complexity index is 526. The molecule has 0 spiro atoms. The number of sulfonamides is 1. The van der Waals surface area contributed by atoms with Crippen LogP contribution in [0.1, 0.15) is 23.8 Å². The maximum atomic E-state index is 12.9. The first-order valence-corrected chi connectivity index (χ1v) is 10.3. The topological polar surface area (TPSA) is 49.4 Å². The van der Waals surface area contributed by atoms with E-state index in [2.05, 4.69) is 5.32 Å². The normalized spacial score (nSPS) is 13.9. The Morgan fingerprint density at radius 2 is 2.15 bits per heavy atom. The monoisotopic (exact) mass is 336 g/mol. The molecule has 0 aliphatic heterocycles. The quantitative estimate of drug-likeness (QED) is 0.792. The van der Waals surface area contributed by atoms with Crippen LogP contribution in [0.5, 0.6) is 0 Å². The van der Waals surface area contributed by atoms with E-state index in [4.69, 9.17) is 0 Å². The molecule has 1 atom stereocenters. The van der Waals surface area contributed by atoms with Crippen LogP contribution in [-0.4, -0.2) is 44.9 Å². The van der Waals surface area contributed by atoms with E-state index in [9.17, 15) is 8.42 Å². The van der Waals surface area contributed by atoms with Gasteiger partial charge in [-0.1, -0.05) is 6.92 Å². The SMILES string of the molecule is CCC(CSC)N(C)S(=O)(=O)c1c(C)csc1CNC. The van der Waals surface area contributed by atoms with Gasteiger partial charge >= 0.3 is 0 Å². The van der Waals surface area contributed by atoms with Crippen LogP contribution in [0, 0.1) is 6.92 Å². The number of hydrogen-bond donors (Lipinski definition) is 1. The molecule has 1 N–H and O–H groups in total. The number of aryl methyl sites for hydroxylation is 1. The van der Waals surface area contributed by atoms with Gasteiger partial charge in [0, 0.05) is 30.3 Å². The number of thiophene rings is 1. The summed E-state index contributed by atoms with van der Waals surface area (Å²) in [5.41, 5.74) is 0.839. The second-order valence-electron chi connectivity index (χ2n) is 4.74. The minimum atomic E-state index is -3.42. The van der Waals surface area contributed by atoms with Crippen molar-refractivity contribution in [3.8, 4) is 0 Å². The number of nitrogens with one attached hydrogen (secondary N) is 1. The molecule has 1 aromatic heterocycles. The molecule has 0 radical (unpaired) electrons. The van der Waals surface area contributed by atoms with Crippen molar-refractivity contribution in [1.29, 1.82) is 0 Å². The van der Waals surface area contributed by atoms with Crippen molar-refractivity contribution in [3.05, 3.63) is 15.8 Å². The molecule has 0 saturated heterocycles. The summed E-state index contributed by atoms with van der Waals surface area (Å²) in [6, 6.07) is 0.0386. The van der Waals surface area contributed by atoms with Crippen LogP contribution in [0.4, 0.5) is 0 Å². The highest BCUT2D eigenvalue weighted by molar-refractivity contribution is 7.98. The first-order chi connectivity index (χ1) is 9.39. The summed E-state index contributed by atoms with van der Waals surface area (Å²) >= 11 is 3.18. The summed E-state index contributed by atoms with van der Waals surface area (Å²) in [7, 11) is 0.103. The van der Waals surface area contributed by atoms with Gasteiger partial charge in [-0.3, -0.25) is 0 Å². The van der Waals surface area contributed by atoms with Gasteiger partial charge in [-0.2, -0.15) is 16.1 Å². The molecular formula is C13H24N2O2S3. The Morgan fingerprint density at radius 3 is 2.65 bits per heavy atom. The van der Waals surface area contributed by atoms with Crippen LogP contribution in [0.2, 0.25) is 0 Å². The zero-order chi connectivity index (χ0) is 15.3. The van der Waals surface area contributed by atoms with Crippen molar-refractivity contribution >= 4 is 33.1 Å². The fourth-order valence-electron chi connectivity index (χ4n) is 2.13. The minimum Gasteiger partial charge on any atom is -0.315 e. The van der Waals surface area contributed by atoms with Crippen LogP contribution in [-0.2, 0) is 16.6 Å². The average Bonchev–Trinajstić information content (AvgIpc) is 2.77. The van der Waals surface area contributed by atoms with Crippen LogP contribution >= 0.6 is 23.1 Å². The molecule has 0 aromatic carbocycles. The van der Waals surface area contributed by atoms with Crippen molar-refractivity contribution in [2.24, 2.45) is 0 Å². The molecule has 20 heavy (non-hydrogen) atoms. The number of rotatable bonds is 8. The number of hydrogen-bond acceptors (Lipinski definition) is 5. The second-order valence-corrected chi connectivity index (χ2v) is 8.55. The molecule has 0 fully saturated rings. The first kappa shape index (κ1) is 18.0. The minimum absolute atomic E-state index is 0.0386. The van der Waals surface area contributed by atoms with Gasteiger partial charge in [0.2, 0.25) is 10.0 Å². The molecule has 0 aliphatic rings. The third-order valence-corrected chi connectivity index (χ3v) is 7.40. The summed E-state index contributed by atoms with van der Waals surface area (Å²) in [4.78, 5) is 1.37. The maximum Gasteiger partial charge on any atom is 0.244 e. The molecule has 1 rings (SSSR count). The number of thioether (sulfide) groups is 1. The van der Waals surface area contributed by atoms with Crippen LogP contribution in [0.3, 0.4) is 0 Å². The van der Waals surface area contributed by atoms with Crippen LogP contribution < -0.4 is 5.32 Å². The van der Waals surface area contributed by atoms with Gasteiger partial charge in [0.25, 0.3) is 0 Å². The lowest BCUT2D eigenvalue weighted by molar-refractivity contribution is 0.385. The third kappa shape index (κ3) is 3.76. The van der Waals surface area contributed by atoms with Crippen molar-refractivity contribution in [3.63, 3.8) is 0 Å². The molecular weight excluding hydrogens is 312 g/mol. The van der Waals surface area contributed by atoms with Crippen molar-refractivity contribution in [2.45, 2.75) is 37.8 Å². The molecule has 7 heteroatoms. The van der Waals surface area contributed by atoms with Crippen LogP contribution in [0.25, 0.3) is 0 Å². The van der Waals surface area contributed by atoms with Gasteiger partial charge in [0.1, 0.15) is 4.90 Å². The molecule has 0 bridgehead atoms. The molecule has 1 unspecified atom stereocenters. The summed E-state index contributed by atoms with van der Waals surface area (Å²) in [5.74, 6) is 0.816. The Morgan fingerprint density at radius 1 is 1.50 bits per heavy atom. The molecule has 1 aromatic rings. The highest BCUT2D eigenvalue weighted by Crippen LogP contribution is 2.30. The Kier molecular flexibility index (Phi) is 7.00. The van der Waals surface area contributed by atoms with E-state index in [-0.39, 0.29) is 6.04 Å². The predicted molar refractivity (Wildman–Crippen MR) is 89.2 cm³/mol. The maximum absolute atomic E-state index is 12.9. The van der Waals surface area contributed by atoms with Crippen molar-refractivity contribution in [1.82, 2.24) is 9.62 Å². The van der Waals surface area contributed by atoms with Gasteiger partial charge in [-0.25, -0.2) is 8.42 Å². The molecule has 4 nitrogen and oxygen atoms in total. The van der Waals surface area contributed by atoms with E-state index in [0.29, 0.717) is 11.4 Å². The second kappa shape index (κ2) is 7.79. The van der Waals surface area contributed by atoms with E-state index in [1.807, 2.05) is 32.5 Å². The first-order valence-electron chi connectivity index (χ1n) is 6.58. The molecule has 0 saturated carbocycles. The summed E-state index contributed by atoms with van der Waals surface area (Å²) in [6.07, 6.45) is 2.83. The smallest absolute Gasteiger partial charge is 0.244 e. The molecule has 1 heterocycles. The fourth-order valence-corrected chi connectivity index (χ4v) is 6.26. The summed E-state index contributed by atoms with van der Waals surface area (Å²) in [5, 5.41) is 4.96. The lowest BCUT2D eigenvalue weighted by atomic mass is 10.3. The van der Waals surface area contributed by atoms with Crippen molar-refractivity contribution < 1.29 is 8.42 Å². The van der Waals surface area contributed by atoms with Gasteiger partial charge in [0.15, 0.2) is 0 Å². The summed E-state index contributed by atoms with van der Waals surface area (Å²) in [6.45, 7) is 4.48. The van der Waals surface area contributed by atoms with Crippen molar-refractivity contribution in [2.75, 3.05) is 26.1 Å². The third-order valence-electron chi connectivity index (χ3n) is 3.31. The Balaban J connectivity index is 3.18. The Hall–Kier alpha value is -0.0800. The lowest BCUT2D eigenvalue weighted by Crippen LogP contribution is -2.38. The zero-order valence-corrected chi connectivity index (χ0v) is 15.2. The summed E-state index contributed by atoms with van der Waals surface area (Å²) < 4.78 is 27.3. The standard InChI is InChI=1S/C13H24N2O2S3/c1-6-11(9-18-5)15(4)20(16,17)13-10(2)8-19-12(13)7-14-3/h8,11,14H,6-7,9H2,1-5H3. The van der Waals surface area contributed by atoms with Crippen LogP contribution in [0.15, 0.2) is 10.3 Å². The number of nitrogens with zero attached hydrogens (tertiary/aromatic N) is 1. The average molecular weight is 337 g/mol. The lowest BCUT2D eigenvalue weighted by Gasteiger charge is -2.26. The molecule has 0 aliphatic carbocycles. The fraction of sp³-hybridized carbons (Fsp3) is 0.692. The predicted octanol–water partition coefficient (Wildman–Crippen LogP) is 2.54. The van der Waals surface area contributed by atoms with E-state index < -0.39 is 10.0 Å². The van der Waals surface area contributed by atoms with E-state index in [1.54, 1.807) is 18.8 Å². The van der Waals surface area contributed by atoms with Gasteiger partial charge < -0.3 is 5.32 Å². The molecule has 116 valence electrons. The van der Waals surface area contributed by atoms with Gasteiger partial charge in [0.05, 0.1) is 0 Å².